The van der Waals surface area contributed by atoms with E-state index in [0.29, 0.717) is 11.5 Å². The van der Waals surface area contributed by atoms with Crippen molar-refractivity contribution in [3.05, 3.63) is 16.9 Å². The summed E-state index contributed by atoms with van der Waals surface area (Å²) in [6.07, 6.45) is 1.53. The molecule has 3 heteroatoms. The van der Waals surface area contributed by atoms with Crippen LogP contribution in [0.25, 0.3) is 0 Å². The lowest BCUT2D eigenvalue weighted by Gasteiger charge is -2.09. The summed E-state index contributed by atoms with van der Waals surface area (Å²) in [6.45, 7) is 3.98. The Balaban J connectivity index is 2.92. The first-order valence-electron chi connectivity index (χ1n) is 4.16. The van der Waals surface area contributed by atoms with Gasteiger partial charge in [-0.25, -0.2) is 4.21 Å². The summed E-state index contributed by atoms with van der Waals surface area (Å²) in [5, 5.41) is 0. The normalized spacial score (nSPS) is 31.5. The largest absolute Gasteiger partial charge is 0.253 e. The quantitative estimate of drug-likeness (QED) is 0.578. The van der Waals surface area contributed by atoms with Crippen molar-refractivity contribution in [2.24, 2.45) is 0 Å². The van der Waals surface area contributed by atoms with Crippen molar-refractivity contribution in [1.29, 1.82) is 4.78 Å². The van der Waals surface area contributed by atoms with Gasteiger partial charge in [0.1, 0.15) is 0 Å². The van der Waals surface area contributed by atoms with E-state index in [1.165, 1.54) is 0 Å². The number of rotatable bonds is 0. The molecule has 0 saturated heterocycles. The Kier molecular flexibility index (Phi) is 2.76. The number of hydrogen-bond donors (Lipinski definition) is 1. The van der Waals surface area contributed by atoms with E-state index in [-0.39, 0.29) is 0 Å². The zero-order valence-electron chi connectivity index (χ0n) is 7.64. The fraction of sp³-hybridized carbons (Fsp3) is 0.667. The molecule has 0 aromatic heterocycles. The van der Waals surface area contributed by atoms with Crippen molar-refractivity contribution in [2.45, 2.75) is 26.7 Å². The van der Waals surface area contributed by atoms with Crippen LogP contribution in [0.2, 0.25) is 0 Å². The van der Waals surface area contributed by atoms with Gasteiger partial charge in [0.2, 0.25) is 0 Å². The van der Waals surface area contributed by atoms with Crippen LogP contribution in [0.5, 0.6) is 0 Å². The van der Waals surface area contributed by atoms with Gasteiger partial charge in [-0.3, -0.25) is 4.78 Å². The van der Waals surface area contributed by atoms with E-state index in [0.717, 1.165) is 24.0 Å². The molecule has 0 spiro atoms. The molecule has 0 bridgehead atoms. The highest BCUT2D eigenvalue weighted by atomic mass is 32.2. The first kappa shape index (κ1) is 9.56. The van der Waals surface area contributed by atoms with Crippen LogP contribution in [0.3, 0.4) is 0 Å². The zero-order valence-corrected chi connectivity index (χ0v) is 8.46. The topological polar surface area (TPSA) is 40.9 Å². The molecule has 2 nitrogen and oxygen atoms in total. The minimum absolute atomic E-state index is 0.513. The first-order chi connectivity index (χ1) is 5.49. The third-order valence-electron chi connectivity index (χ3n) is 2.04. The second kappa shape index (κ2) is 3.46. The Morgan fingerprint density at radius 3 is 2.08 bits per heavy atom. The standard InChI is InChI=1S/C9H15NOS/c1-8-3-5-12(10,11)6-4-9(2)7-8/h10H,3-6H2,1-2H3. The van der Waals surface area contributed by atoms with Gasteiger partial charge in [0.25, 0.3) is 0 Å². The third kappa shape index (κ3) is 2.84. The van der Waals surface area contributed by atoms with Crippen LogP contribution in [0.15, 0.2) is 16.9 Å². The first-order valence-corrected chi connectivity index (χ1v) is 6.05. The van der Waals surface area contributed by atoms with Crippen molar-refractivity contribution in [3.8, 4) is 0 Å². The lowest BCUT2D eigenvalue weighted by Crippen LogP contribution is -2.11. The molecule has 0 amide bonds. The van der Waals surface area contributed by atoms with Crippen LogP contribution in [-0.2, 0) is 9.73 Å². The molecule has 0 radical (unpaired) electrons. The molecule has 0 aliphatic carbocycles. The minimum atomic E-state index is -2.29. The van der Waals surface area contributed by atoms with Crippen LogP contribution in [0, 0.1) is 4.78 Å². The summed E-state index contributed by atoms with van der Waals surface area (Å²) in [5.41, 5.74) is 5.51. The molecular formula is C9H15NOS. The van der Waals surface area contributed by atoms with Crippen molar-refractivity contribution in [1.82, 2.24) is 0 Å². The van der Waals surface area contributed by atoms with Crippen molar-refractivity contribution in [2.75, 3.05) is 11.5 Å². The Labute approximate surface area is 74.3 Å². The molecule has 1 aliphatic heterocycles. The number of nitrogens with one attached hydrogen (secondary N) is 1. The van der Waals surface area contributed by atoms with Gasteiger partial charge < -0.3 is 0 Å². The van der Waals surface area contributed by atoms with E-state index in [2.05, 4.69) is 5.73 Å². The minimum Gasteiger partial charge on any atom is -0.253 e. The van der Waals surface area contributed by atoms with E-state index < -0.39 is 9.73 Å². The maximum absolute atomic E-state index is 11.5. The molecule has 1 N–H and O–H groups in total. The lowest BCUT2D eigenvalue weighted by atomic mass is 10.2. The predicted molar refractivity (Wildman–Crippen MR) is 51.7 cm³/mol. The summed E-state index contributed by atoms with van der Waals surface area (Å²) in [7, 11) is -2.29. The second-order valence-electron chi connectivity index (χ2n) is 3.41. The van der Waals surface area contributed by atoms with Gasteiger partial charge in [-0.05, 0) is 37.8 Å². The molecule has 0 fully saturated rings. The summed E-state index contributed by atoms with van der Waals surface area (Å²) in [4.78, 5) is 0. The van der Waals surface area contributed by atoms with Crippen molar-refractivity contribution >= 4 is 9.73 Å². The monoisotopic (exact) mass is 185 g/mol. The van der Waals surface area contributed by atoms with E-state index in [9.17, 15) is 4.21 Å². The van der Waals surface area contributed by atoms with Crippen LogP contribution < -0.4 is 0 Å². The molecule has 1 heterocycles. The molecule has 0 saturated carbocycles. The van der Waals surface area contributed by atoms with E-state index >= 15 is 0 Å². The fourth-order valence-corrected chi connectivity index (χ4v) is 2.70. The Bertz CT molecular complexity index is 308. The zero-order chi connectivity index (χ0) is 9.19. The van der Waals surface area contributed by atoms with Gasteiger partial charge in [-0.1, -0.05) is 0 Å². The van der Waals surface area contributed by atoms with Gasteiger partial charge in [-0.2, -0.15) is 0 Å². The fourth-order valence-electron chi connectivity index (χ4n) is 1.23. The van der Waals surface area contributed by atoms with Crippen molar-refractivity contribution in [3.63, 3.8) is 0 Å². The molecule has 0 unspecified atom stereocenters. The molecule has 12 heavy (non-hydrogen) atoms. The maximum atomic E-state index is 11.5. The molecular weight excluding hydrogens is 170 g/mol. The lowest BCUT2D eigenvalue weighted by molar-refractivity contribution is 0.672. The molecule has 0 atom stereocenters. The van der Waals surface area contributed by atoms with Crippen LogP contribution in [-0.4, -0.2) is 15.7 Å². The van der Waals surface area contributed by atoms with Gasteiger partial charge in [-0.15, -0.1) is 5.73 Å². The molecule has 0 aromatic carbocycles. The van der Waals surface area contributed by atoms with Gasteiger partial charge in [0.15, 0.2) is 0 Å². The molecule has 1 rings (SSSR count). The van der Waals surface area contributed by atoms with Crippen LogP contribution >= 0.6 is 0 Å². The smallest absolute Gasteiger partial charge is 0.0448 e. The Hall–Kier alpha value is -0.530. The van der Waals surface area contributed by atoms with Crippen LogP contribution in [0.1, 0.15) is 26.7 Å². The number of allylic oxidation sites excluding steroid dienone is 1. The molecule has 1 aliphatic rings. The van der Waals surface area contributed by atoms with E-state index in [4.69, 9.17) is 4.78 Å². The van der Waals surface area contributed by atoms with Crippen molar-refractivity contribution < 1.29 is 4.21 Å². The summed E-state index contributed by atoms with van der Waals surface area (Å²) in [6, 6.07) is 0. The highest BCUT2D eigenvalue weighted by Crippen LogP contribution is 2.12. The molecule has 0 aromatic rings. The summed E-state index contributed by atoms with van der Waals surface area (Å²) >= 11 is 0. The predicted octanol–water partition coefficient (Wildman–Crippen LogP) is 2.32. The second-order valence-corrected chi connectivity index (χ2v) is 5.85. The number of hydrogen-bond acceptors (Lipinski definition) is 2. The Morgan fingerprint density at radius 1 is 1.25 bits per heavy atom. The third-order valence-corrected chi connectivity index (χ3v) is 3.77. The van der Waals surface area contributed by atoms with E-state index in [1.807, 2.05) is 13.8 Å². The highest BCUT2D eigenvalue weighted by molar-refractivity contribution is 7.92. The highest BCUT2D eigenvalue weighted by Gasteiger charge is 2.09. The van der Waals surface area contributed by atoms with Crippen LogP contribution in [0.4, 0.5) is 0 Å². The van der Waals surface area contributed by atoms with Gasteiger partial charge >= 0.3 is 0 Å². The summed E-state index contributed by atoms with van der Waals surface area (Å²) < 4.78 is 19.0. The van der Waals surface area contributed by atoms with Gasteiger partial charge in [0, 0.05) is 21.2 Å². The Morgan fingerprint density at radius 2 is 1.67 bits per heavy atom. The van der Waals surface area contributed by atoms with Gasteiger partial charge in [0.05, 0.1) is 0 Å². The average Bonchev–Trinajstić information content (AvgIpc) is 1.96. The maximum Gasteiger partial charge on any atom is 0.0448 e. The van der Waals surface area contributed by atoms with E-state index in [1.54, 1.807) is 0 Å². The average molecular weight is 185 g/mol. The molecule has 68 valence electrons. The SMILES string of the molecule is CC1=C=C(C)CCS(=N)(=O)CC1. The summed E-state index contributed by atoms with van der Waals surface area (Å²) in [5.74, 6) is 1.03.